The number of thiazole rings is 1. The Balaban J connectivity index is 1.36. The molecule has 0 saturated carbocycles. The van der Waals surface area contributed by atoms with Crippen molar-refractivity contribution in [2.45, 2.75) is 19.9 Å². The molecule has 0 spiro atoms. The van der Waals surface area contributed by atoms with Crippen LogP contribution < -0.4 is 5.32 Å². The number of carbonyl (C=O) groups excluding carboxylic acids is 2. The zero-order valence-electron chi connectivity index (χ0n) is 18.0. The number of urea groups is 1. The first kappa shape index (κ1) is 21.4. The lowest BCUT2D eigenvalue weighted by molar-refractivity contribution is 0.0602. The topological polar surface area (TPSA) is 88.8 Å². The van der Waals surface area contributed by atoms with E-state index in [4.69, 9.17) is 16.3 Å². The Hall–Kier alpha value is -3.43. The molecular formula is C23H20ClN5O3S. The number of hydrogen-bond acceptors (Lipinski definition) is 6. The van der Waals surface area contributed by atoms with Crippen LogP contribution in [-0.2, 0) is 17.7 Å². The molecule has 2 aromatic heterocycles. The fourth-order valence-corrected chi connectivity index (χ4v) is 5.07. The van der Waals surface area contributed by atoms with E-state index >= 15 is 0 Å². The highest BCUT2D eigenvalue weighted by atomic mass is 35.5. The minimum atomic E-state index is -0.492. The number of methoxy groups -OCH3 is 1. The number of aromatic nitrogens is 3. The molecule has 0 aliphatic carbocycles. The molecule has 2 aromatic carbocycles. The van der Waals surface area contributed by atoms with Crippen LogP contribution in [0.15, 0.2) is 42.5 Å². The summed E-state index contributed by atoms with van der Waals surface area (Å²) < 4.78 is 6.71. The number of fused-ring (bicyclic) bond motifs is 3. The number of amides is 2. The van der Waals surface area contributed by atoms with Crippen molar-refractivity contribution >= 4 is 45.6 Å². The molecular weight excluding hydrogens is 462 g/mol. The summed E-state index contributed by atoms with van der Waals surface area (Å²) in [6.45, 7) is 2.88. The maximum absolute atomic E-state index is 13.0. The zero-order valence-corrected chi connectivity index (χ0v) is 19.5. The molecule has 8 nitrogen and oxygen atoms in total. The van der Waals surface area contributed by atoms with Gasteiger partial charge in [-0.25, -0.2) is 14.1 Å². The van der Waals surface area contributed by atoms with E-state index in [1.54, 1.807) is 17.0 Å². The van der Waals surface area contributed by atoms with Crippen LogP contribution in [0.25, 0.3) is 16.3 Å². The second-order valence-corrected chi connectivity index (χ2v) is 9.25. The Morgan fingerprint density at radius 1 is 1.18 bits per heavy atom. The van der Waals surface area contributed by atoms with Crippen LogP contribution in [0.2, 0.25) is 5.02 Å². The molecule has 0 unspecified atom stereocenters. The van der Waals surface area contributed by atoms with Crippen LogP contribution in [-0.4, -0.2) is 45.2 Å². The molecule has 0 bridgehead atoms. The summed E-state index contributed by atoms with van der Waals surface area (Å²) in [5.74, 6) is 0.156. The molecule has 2 amide bonds. The highest BCUT2D eigenvalue weighted by molar-refractivity contribution is 7.17. The summed E-state index contributed by atoms with van der Waals surface area (Å²) in [5.41, 5.74) is 3.66. The molecule has 5 rings (SSSR count). The zero-order chi connectivity index (χ0) is 23.1. The number of esters is 1. The van der Waals surface area contributed by atoms with E-state index in [1.807, 2.05) is 41.8 Å². The van der Waals surface area contributed by atoms with E-state index in [-0.39, 0.29) is 6.03 Å². The standard InChI is InChI=1S/C23H20ClN5O3S/c1-13-3-8-16(21(30)32-2)17(11-13)25-22(31)28-10-9-18-19(12-28)33-23-26-20(27-29(18)23)14-4-6-15(24)7-5-14/h3-8,11H,9-10,12H2,1-2H3,(H,25,31). The molecule has 0 saturated heterocycles. The third-order valence-corrected chi connectivity index (χ3v) is 6.84. The van der Waals surface area contributed by atoms with Crippen LogP contribution in [0.3, 0.4) is 0 Å². The van der Waals surface area contributed by atoms with E-state index in [0.29, 0.717) is 41.6 Å². The van der Waals surface area contributed by atoms with Gasteiger partial charge in [0.25, 0.3) is 0 Å². The first-order valence-electron chi connectivity index (χ1n) is 10.3. The number of carbonyl (C=O) groups is 2. The average Bonchev–Trinajstić information content (AvgIpc) is 3.36. The quantitative estimate of drug-likeness (QED) is 0.425. The normalized spacial score (nSPS) is 13.1. The lowest BCUT2D eigenvalue weighted by Gasteiger charge is -2.27. The van der Waals surface area contributed by atoms with Gasteiger partial charge in [-0.15, -0.1) is 5.10 Å². The van der Waals surface area contributed by atoms with Gasteiger partial charge in [0.2, 0.25) is 4.96 Å². The first-order chi connectivity index (χ1) is 15.9. The molecule has 0 radical (unpaired) electrons. The van der Waals surface area contributed by atoms with Crippen LogP contribution >= 0.6 is 22.9 Å². The third kappa shape index (κ3) is 4.05. The van der Waals surface area contributed by atoms with Gasteiger partial charge in [0.05, 0.1) is 30.6 Å². The molecule has 0 fully saturated rings. The number of hydrogen-bond donors (Lipinski definition) is 1. The van der Waals surface area contributed by atoms with Gasteiger partial charge >= 0.3 is 12.0 Å². The predicted molar refractivity (Wildman–Crippen MR) is 127 cm³/mol. The third-order valence-electron chi connectivity index (χ3n) is 5.53. The molecule has 1 aliphatic rings. The maximum Gasteiger partial charge on any atom is 0.339 e. The lowest BCUT2D eigenvalue weighted by Crippen LogP contribution is -2.39. The van der Waals surface area contributed by atoms with E-state index in [2.05, 4.69) is 15.4 Å². The summed E-state index contributed by atoms with van der Waals surface area (Å²) in [5, 5.41) is 8.21. The Bertz CT molecular complexity index is 1380. The fourth-order valence-electron chi connectivity index (χ4n) is 3.83. The Labute approximate surface area is 198 Å². The lowest BCUT2D eigenvalue weighted by atomic mass is 10.1. The van der Waals surface area contributed by atoms with Crippen molar-refractivity contribution in [3.8, 4) is 11.4 Å². The number of benzene rings is 2. The number of halogens is 1. The van der Waals surface area contributed by atoms with Crippen molar-refractivity contribution in [2.75, 3.05) is 19.0 Å². The minimum absolute atomic E-state index is 0.266. The van der Waals surface area contributed by atoms with Crippen LogP contribution in [0.1, 0.15) is 26.5 Å². The van der Waals surface area contributed by atoms with E-state index < -0.39 is 5.97 Å². The predicted octanol–water partition coefficient (Wildman–Crippen LogP) is 4.80. The molecule has 0 atom stereocenters. The molecule has 4 aromatic rings. The first-order valence-corrected chi connectivity index (χ1v) is 11.5. The number of anilines is 1. The summed E-state index contributed by atoms with van der Waals surface area (Å²) in [6.07, 6.45) is 0.657. The summed E-state index contributed by atoms with van der Waals surface area (Å²) >= 11 is 7.50. The van der Waals surface area contributed by atoms with E-state index in [0.717, 1.165) is 26.7 Å². The van der Waals surface area contributed by atoms with Crippen molar-refractivity contribution in [1.82, 2.24) is 19.5 Å². The van der Waals surface area contributed by atoms with Gasteiger partial charge in [0.1, 0.15) is 0 Å². The van der Waals surface area contributed by atoms with Crippen molar-refractivity contribution < 1.29 is 14.3 Å². The van der Waals surface area contributed by atoms with E-state index in [9.17, 15) is 9.59 Å². The van der Waals surface area contributed by atoms with Crippen LogP contribution in [0, 0.1) is 6.92 Å². The average molecular weight is 482 g/mol. The molecule has 168 valence electrons. The van der Waals surface area contributed by atoms with E-state index in [1.165, 1.54) is 18.4 Å². The van der Waals surface area contributed by atoms with Gasteiger partial charge in [-0.2, -0.15) is 4.98 Å². The highest BCUT2D eigenvalue weighted by Crippen LogP contribution is 2.30. The van der Waals surface area contributed by atoms with Crippen LogP contribution in [0.4, 0.5) is 10.5 Å². The van der Waals surface area contributed by atoms with Gasteiger partial charge in [0.15, 0.2) is 5.82 Å². The molecule has 1 aliphatic heterocycles. The van der Waals surface area contributed by atoms with Crippen LogP contribution in [0.5, 0.6) is 0 Å². The monoisotopic (exact) mass is 481 g/mol. The second kappa shape index (κ2) is 8.49. The molecule has 10 heteroatoms. The number of nitrogens with one attached hydrogen (secondary N) is 1. The van der Waals surface area contributed by atoms with Gasteiger partial charge in [-0.3, -0.25) is 0 Å². The van der Waals surface area contributed by atoms with Gasteiger partial charge < -0.3 is 15.0 Å². The molecule has 3 heterocycles. The van der Waals surface area contributed by atoms with Gasteiger partial charge in [-0.1, -0.05) is 29.0 Å². The SMILES string of the molecule is COC(=O)c1ccc(C)cc1NC(=O)N1CCc2c(sc3nc(-c4ccc(Cl)cc4)nn23)C1. The molecule has 1 N–H and O–H groups in total. The fraction of sp³-hybridized carbons (Fsp3) is 0.217. The van der Waals surface area contributed by atoms with Gasteiger partial charge in [-0.05, 0) is 48.9 Å². The highest BCUT2D eigenvalue weighted by Gasteiger charge is 2.27. The van der Waals surface area contributed by atoms with Crippen molar-refractivity contribution in [3.05, 3.63) is 69.2 Å². The second-order valence-electron chi connectivity index (χ2n) is 7.75. The number of nitrogens with zero attached hydrogens (tertiary/aromatic N) is 4. The Morgan fingerprint density at radius 2 is 1.97 bits per heavy atom. The number of aryl methyl sites for hydroxylation is 1. The van der Waals surface area contributed by atoms with Gasteiger partial charge in [0, 0.05) is 28.4 Å². The van der Waals surface area contributed by atoms with Crippen molar-refractivity contribution in [1.29, 1.82) is 0 Å². The summed E-state index contributed by atoms with van der Waals surface area (Å²) in [4.78, 5) is 33.3. The minimum Gasteiger partial charge on any atom is -0.465 e. The van der Waals surface area contributed by atoms with Crippen molar-refractivity contribution in [2.24, 2.45) is 0 Å². The summed E-state index contributed by atoms with van der Waals surface area (Å²) in [6, 6.07) is 12.4. The van der Waals surface area contributed by atoms with Crippen molar-refractivity contribution in [3.63, 3.8) is 0 Å². The summed E-state index contributed by atoms with van der Waals surface area (Å²) in [7, 11) is 1.32. The number of rotatable bonds is 3. The smallest absolute Gasteiger partial charge is 0.339 e. The maximum atomic E-state index is 13.0. The Kier molecular flexibility index (Phi) is 5.51. The largest absolute Gasteiger partial charge is 0.465 e. The Morgan fingerprint density at radius 3 is 2.73 bits per heavy atom. The number of ether oxygens (including phenoxy) is 1. The molecule has 33 heavy (non-hydrogen) atoms.